The van der Waals surface area contributed by atoms with Crippen molar-refractivity contribution < 1.29 is 28.3 Å². The van der Waals surface area contributed by atoms with Crippen LogP contribution in [0.2, 0.25) is 0 Å². The lowest BCUT2D eigenvalue weighted by Crippen LogP contribution is -2.43. The van der Waals surface area contributed by atoms with Crippen molar-refractivity contribution in [3.63, 3.8) is 0 Å². The Morgan fingerprint density at radius 1 is 1.35 bits per heavy atom. The summed E-state index contributed by atoms with van der Waals surface area (Å²) in [4.78, 5) is 33.2. The number of carboxylic acids is 1. The van der Waals surface area contributed by atoms with Gasteiger partial charge in [-0.1, -0.05) is 6.07 Å². The van der Waals surface area contributed by atoms with Gasteiger partial charge in [-0.05, 0) is 18.6 Å². The number of rotatable bonds is 5. The quantitative estimate of drug-likeness (QED) is 0.724. The Balaban J connectivity index is 3.04. The fourth-order valence-corrected chi connectivity index (χ4v) is 1.50. The molecule has 1 rings (SSSR count). The molecule has 0 aliphatic carbocycles. The van der Waals surface area contributed by atoms with E-state index in [2.05, 4.69) is 0 Å². The van der Waals surface area contributed by atoms with Crippen LogP contribution in [0.5, 0.6) is 0 Å². The molecular formula is C12H12F2N2O4. The second kappa shape index (κ2) is 6.09. The van der Waals surface area contributed by atoms with Crippen molar-refractivity contribution >= 4 is 17.8 Å². The average Bonchev–Trinajstić information content (AvgIpc) is 2.33. The summed E-state index contributed by atoms with van der Waals surface area (Å²) in [5.74, 6) is -6.00. The number of carbonyl (C=O) groups is 3. The van der Waals surface area contributed by atoms with Crippen molar-refractivity contribution in [3.05, 3.63) is 34.9 Å². The number of carbonyl (C=O) groups excluding carboxylic acids is 2. The van der Waals surface area contributed by atoms with E-state index in [1.165, 1.54) is 6.92 Å². The number of benzene rings is 1. The molecule has 20 heavy (non-hydrogen) atoms. The number of aliphatic carboxylic acids is 1. The lowest BCUT2D eigenvalue weighted by atomic mass is 10.1. The SMILES string of the molecule is Cc1ccc(F)c(C(=O)N[C@@H](CC(N)=O)C(=O)O)c1F. The van der Waals surface area contributed by atoms with Crippen molar-refractivity contribution in [1.29, 1.82) is 0 Å². The van der Waals surface area contributed by atoms with Gasteiger partial charge in [0.2, 0.25) is 5.91 Å². The van der Waals surface area contributed by atoms with E-state index in [4.69, 9.17) is 10.8 Å². The van der Waals surface area contributed by atoms with E-state index in [0.717, 1.165) is 12.1 Å². The highest BCUT2D eigenvalue weighted by molar-refractivity contribution is 5.98. The maximum absolute atomic E-state index is 13.7. The van der Waals surface area contributed by atoms with Crippen LogP contribution >= 0.6 is 0 Å². The molecule has 0 fully saturated rings. The van der Waals surface area contributed by atoms with Crippen molar-refractivity contribution in [2.45, 2.75) is 19.4 Å². The van der Waals surface area contributed by atoms with Crippen LogP contribution in [0.1, 0.15) is 22.3 Å². The number of aryl methyl sites for hydroxylation is 1. The Morgan fingerprint density at radius 2 is 1.95 bits per heavy atom. The lowest BCUT2D eigenvalue weighted by Gasteiger charge is -2.14. The molecule has 0 radical (unpaired) electrons. The van der Waals surface area contributed by atoms with Crippen molar-refractivity contribution in [2.75, 3.05) is 0 Å². The largest absolute Gasteiger partial charge is 0.480 e. The molecule has 0 aliphatic heterocycles. The molecule has 0 aromatic heterocycles. The first-order valence-corrected chi connectivity index (χ1v) is 5.50. The summed E-state index contributed by atoms with van der Waals surface area (Å²) in [6, 6.07) is 0.371. The minimum atomic E-state index is -1.65. The zero-order valence-electron chi connectivity index (χ0n) is 10.4. The van der Waals surface area contributed by atoms with Gasteiger partial charge in [-0.25, -0.2) is 13.6 Å². The normalized spacial score (nSPS) is 11.8. The second-order valence-corrected chi connectivity index (χ2v) is 4.09. The third-order valence-corrected chi connectivity index (χ3v) is 2.52. The van der Waals surface area contributed by atoms with Gasteiger partial charge in [0.25, 0.3) is 5.91 Å². The Kier molecular flexibility index (Phi) is 4.73. The van der Waals surface area contributed by atoms with Crippen molar-refractivity contribution in [3.8, 4) is 0 Å². The summed E-state index contributed by atoms with van der Waals surface area (Å²) in [7, 11) is 0. The lowest BCUT2D eigenvalue weighted by molar-refractivity contribution is -0.140. The molecule has 8 heteroatoms. The molecule has 6 nitrogen and oxygen atoms in total. The third-order valence-electron chi connectivity index (χ3n) is 2.52. The number of carboxylic acid groups (broad SMARTS) is 1. The summed E-state index contributed by atoms with van der Waals surface area (Å²) in [6.07, 6.45) is -0.684. The molecule has 1 aromatic carbocycles. The number of hydrogen-bond acceptors (Lipinski definition) is 3. The number of primary amides is 1. The molecule has 0 aliphatic rings. The molecule has 0 saturated carbocycles. The van der Waals surface area contributed by atoms with E-state index in [0.29, 0.717) is 0 Å². The summed E-state index contributed by atoms with van der Waals surface area (Å²) < 4.78 is 27.1. The van der Waals surface area contributed by atoms with Gasteiger partial charge in [-0.2, -0.15) is 0 Å². The fourth-order valence-electron chi connectivity index (χ4n) is 1.50. The summed E-state index contributed by atoms with van der Waals surface area (Å²) in [5, 5.41) is 10.7. The zero-order chi connectivity index (χ0) is 15.4. The van der Waals surface area contributed by atoms with Gasteiger partial charge in [0.1, 0.15) is 23.2 Å². The van der Waals surface area contributed by atoms with E-state index in [-0.39, 0.29) is 5.56 Å². The van der Waals surface area contributed by atoms with E-state index in [9.17, 15) is 23.2 Å². The first kappa shape index (κ1) is 15.5. The van der Waals surface area contributed by atoms with E-state index < -0.39 is 47.4 Å². The molecule has 108 valence electrons. The molecule has 1 aromatic rings. The van der Waals surface area contributed by atoms with Gasteiger partial charge in [0, 0.05) is 0 Å². The summed E-state index contributed by atoms with van der Waals surface area (Å²) in [5.41, 5.74) is 3.95. The molecule has 2 amide bonds. The van der Waals surface area contributed by atoms with Crippen LogP contribution in [0.25, 0.3) is 0 Å². The Bertz CT molecular complexity index is 575. The number of amides is 2. The van der Waals surface area contributed by atoms with Crippen LogP contribution in [-0.2, 0) is 9.59 Å². The Morgan fingerprint density at radius 3 is 2.45 bits per heavy atom. The van der Waals surface area contributed by atoms with Crippen LogP contribution in [0, 0.1) is 18.6 Å². The van der Waals surface area contributed by atoms with Gasteiger partial charge < -0.3 is 16.2 Å². The van der Waals surface area contributed by atoms with Crippen LogP contribution in [0.4, 0.5) is 8.78 Å². The van der Waals surface area contributed by atoms with Crippen molar-refractivity contribution in [2.24, 2.45) is 5.73 Å². The predicted molar refractivity (Wildman–Crippen MR) is 63.8 cm³/mol. The third kappa shape index (κ3) is 3.50. The van der Waals surface area contributed by atoms with E-state index in [1.807, 2.05) is 5.32 Å². The van der Waals surface area contributed by atoms with Crippen molar-refractivity contribution in [1.82, 2.24) is 5.32 Å². The molecule has 4 N–H and O–H groups in total. The molecular weight excluding hydrogens is 274 g/mol. The minimum absolute atomic E-state index is 0.0262. The molecule has 0 spiro atoms. The highest BCUT2D eigenvalue weighted by atomic mass is 19.1. The fraction of sp³-hybridized carbons (Fsp3) is 0.250. The monoisotopic (exact) mass is 286 g/mol. The van der Waals surface area contributed by atoms with E-state index in [1.54, 1.807) is 0 Å². The standard InChI is InChI=1S/C12H12F2N2O4/c1-5-2-3-6(13)9(10(5)14)11(18)16-7(12(19)20)4-8(15)17/h2-3,7H,4H2,1H3,(H2,15,17)(H,16,18)(H,19,20)/t7-/m0/s1. The number of hydrogen-bond donors (Lipinski definition) is 3. The highest BCUT2D eigenvalue weighted by Crippen LogP contribution is 2.16. The number of nitrogens with one attached hydrogen (secondary N) is 1. The first-order chi connectivity index (χ1) is 9.23. The van der Waals surface area contributed by atoms with Crippen LogP contribution < -0.4 is 11.1 Å². The molecule has 0 saturated heterocycles. The van der Waals surface area contributed by atoms with Crippen LogP contribution in [0.3, 0.4) is 0 Å². The maximum Gasteiger partial charge on any atom is 0.326 e. The zero-order valence-corrected chi connectivity index (χ0v) is 10.4. The van der Waals surface area contributed by atoms with Gasteiger partial charge in [-0.3, -0.25) is 9.59 Å². The second-order valence-electron chi connectivity index (χ2n) is 4.09. The summed E-state index contributed by atoms with van der Waals surface area (Å²) >= 11 is 0. The molecule has 0 heterocycles. The van der Waals surface area contributed by atoms with Gasteiger partial charge >= 0.3 is 5.97 Å². The van der Waals surface area contributed by atoms with Crippen LogP contribution in [0.15, 0.2) is 12.1 Å². The van der Waals surface area contributed by atoms with Gasteiger partial charge in [0.05, 0.1) is 6.42 Å². The highest BCUT2D eigenvalue weighted by Gasteiger charge is 2.26. The minimum Gasteiger partial charge on any atom is -0.480 e. The topological polar surface area (TPSA) is 109 Å². The molecule has 0 unspecified atom stereocenters. The maximum atomic E-state index is 13.7. The predicted octanol–water partition coefficient (Wildman–Crippen LogP) is 0.332. The molecule has 1 atom stereocenters. The van der Waals surface area contributed by atoms with Gasteiger partial charge in [-0.15, -0.1) is 0 Å². The smallest absolute Gasteiger partial charge is 0.326 e. The van der Waals surface area contributed by atoms with E-state index >= 15 is 0 Å². The number of halogens is 2. The van der Waals surface area contributed by atoms with Gasteiger partial charge in [0.15, 0.2) is 0 Å². The molecule has 0 bridgehead atoms. The average molecular weight is 286 g/mol. The summed E-state index contributed by atoms with van der Waals surface area (Å²) in [6.45, 7) is 1.32. The Labute approximate surface area is 112 Å². The number of nitrogens with two attached hydrogens (primary N) is 1. The Hall–Kier alpha value is -2.51. The first-order valence-electron chi connectivity index (χ1n) is 5.50. The van der Waals surface area contributed by atoms with Crippen LogP contribution in [-0.4, -0.2) is 28.9 Å².